The normalized spacial score (nSPS) is 10.0. The predicted molar refractivity (Wildman–Crippen MR) is 123 cm³/mol. The minimum atomic E-state index is -1.08. The van der Waals surface area contributed by atoms with E-state index >= 15 is 0 Å². The summed E-state index contributed by atoms with van der Waals surface area (Å²) in [5.41, 5.74) is 2.93. The Bertz CT molecular complexity index is 1300. The molecule has 0 aliphatic heterocycles. The summed E-state index contributed by atoms with van der Waals surface area (Å²) in [4.78, 5) is 37.6. The van der Waals surface area contributed by atoms with Gasteiger partial charge in [-0.3, -0.25) is 0 Å². The third-order valence-corrected chi connectivity index (χ3v) is 4.66. The van der Waals surface area contributed by atoms with Crippen LogP contribution >= 0.6 is 23.2 Å². The number of aromatic nitrogens is 4. The molecule has 2 aromatic carbocycles. The molecule has 33 heavy (non-hydrogen) atoms. The molecule has 0 saturated heterocycles. The first kappa shape index (κ1) is 23.8. The van der Waals surface area contributed by atoms with Crippen molar-refractivity contribution in [3.8, 4) is 22.5 Å². The van der Waals surface area contributed by atoms with Gasteiger partial charge >= 0.3 is 11.9 Å². The maximum atomic E-state index is 11.3. The summed E-state index contributed by atoms with van der Waals surface area (Å²) in [5.74, 6) is -1.57. The van der Waals surface area contributed by atoms with Crippen molar-refractivity contribution in [2.75, 3.05) is 7.11 Å². The van der Waals surface area contributed by atoms with Crippen LogP contribution in [-0.2, 0) is 4.74 Å². The Hall–Kier alpha value is -3.88. The number of carbonyl (C=O) groups excluding carboxylic acids is 1. The number of carboxylic acids is 1. The van der Waals surface area contributed by atoms with Gasteiger partial charge in [0, 0.05) is 21.2 Å². The first-order valence-corrected chi connectivity index (χ1v) is 10.1. The fraction of sp³-hybridized carbons (Fsp3) is 0.0435. The van der Waals surface area contributed by atoms with Crippen molar-refractivity contribution in [1.82, 2.24) is 19.9 Å². The molecular weight excluding hydrogens is 467 g/mol. The van der Waals surface area contributed by atoms with Crippen LogP contribution in [0.25, 0.3) is 22.5 Å². The number of hydrogen-bond acceptors (Lipinski definition) is 7. The standard InChI is InChI=1S/C12H9ClN2O2.C11H7ClN2O2/c1-17-12(16)11-6-10(14-7-15-11)8-3-2-4-9(13)5-8;12-8-3-1-2-7(4-8)9-5-10(11(15)16)14-6-13-9/h2-7H,1H3;1-6H,(H,15,16). The molecule has 2 aromatic heterocycles. The summed E-state index contributed by atoms with van der Waals surface area (Å²) in [6.07, 6.45) is 2.54. The fourth-order valence-electron chi connectivity index (χ4n) is 2.66. The highest BCUT2D eigenvalue weighted by Gasteiger charge is 2.10. The molecule has 0 amide bonds. The number of rotatable bonds is 4. The van der Waals surface area contributed by atoms with Gasteiger partial charge in [-0.05, 0) is 36.4 Å². The van der Waals surface area contributed by atoms with Crippen molar-refractivity contribution in [2.24, 2.45) is 0 Å². The second-order valence-corrected chi connectivity index (χ2v) is 7.27. The van der Waals surface area contributed by atoms with Gasteiger partial charge in [0.1, 0.15) is 12.7 Å². The zero-order chi connectivity index (χ0) is 23.8. The van der Waals surface area contributed by atoms with E-state index in [0.717, 1.165) is 11.1 Å². The number of aromatic carboxylic acids is 1. The zero-order valence-corrected chi connectivity index (χ0v) is 18.7. The smallest absolute Gasteiger partial charge is 0.356 e. The van der Waals surface area contributed by atoms with Crippen LogP contribution in [0.15, 0.2) is 73.3 Å². The molecule has 0 unspecified atom stereocenters. The van der Waals surface area contributed by atoms with Crippen molar-refractivity contribution >= 4 is 35.1 Å². The Morgan fingerprint density at radius 1 is 0.758 bits per heavy atom. The number of hydrogen-bond donors (Lipinski definition) is 1. The van der Waals surface area contributed by atoms with Gasteiger partial charge in [-0.15, -0.1) is 0 Å². The summed E-state index contributed by atoms with van der Waals surface area (Å²) < 4.78 is 4.60. The van der Waals surface area contributed by atoms with Crippen molar-refractivity contribution in [3.63, 3.8) is 0 Å². The van der Waals surface area contributed by atoms with Crippen molar-refractivity contribution in [2.45, 2.75) is 0 Å². The SMILES string of the molecule is COC(=O)c1cc(-c2cccc(Cl)c2)ncn1.O=C(O)c1cc(-c2cccc(Cl)c2)ncn1. The number of ether oxygens (including phenoxy) is 1. The molecule has 1 N–H and O–H groups in total. The Kier molecular flexibility index (Phi) is 8.01. The highest BCUT2D eigenvalue weighted by atomic mass is 35.5. The Morgan fingerprint density at radius 2 is 1.24 bits per heavy atom. The quantitative estimate of drug-likeness (QED) is 0.400. The van der Waals surface area contributed by atoms with Gasteiger partial charge in [0.25, 0.3) is 0 Å². The zero-order valence-electron chi connectivity index (χ0n) is 17.1. The Labute approximate surface area is 198 Å². The third-order valence-electron chi connectivity index (χ3n) is 4.19. The van der Waals surface area contributed by atoms with E-state index in [1.807, 2.05) is 12.1 Å². The Balaban J connectivity index is 0.000000186. The predicted octanol–water partition coefficient (Wildman–Crippen LogP) is 5.08. The van der Waals surface area contributed by atoms with Gasteiger partial charge < -0.3 is 9.84 Å². The largest absolute Gasteiger partial charge is 0.477 e. The minimum Gasteiger partial charge on any atom is -0.477 e. The molecule has 8 nitrogen and oxygen atoms in total. The number of methoxy groups -OCH3 is 1. The van der Waals surface area contributed by atoms with Crippen LogP contribution in [0.1, 0.15) is 21.0 Å². The van der Waals surface area contributed by atoms with Gasteiger partial charge in [-0.2, -0.15) is 0 Å². The molecule has 0 bridgehead atoms. The summed E-state index contributed by atoms with van der Waals surface area (Å²) in [6.45, 7) is 0. The van der Waals surface area contributed by atoms with Crippen molar-refractivity contribution in [3.05, 3.63) is 94.8 Å². The lowest BCUT2D eigenvalue weighted by atomic mass is 10.1. The monoisotopic (exact) mass is 482 g/mol. The minimum absolute atomic E-state index is 0.0371. The highest BCUT2D eigenvalue weighted by molar-refractivity contribution is 6.31. The number of benzene rings is 2. The first-order valence-electron chi connectivity index (χ1n) is 9.35. The number of carboxylic acid groups (broad SMARTS) is 1. The van der Waals surface area contributed by atoms with Crippen LogP contribution in [0.2, 0.25) is 10.0 Å². The molecule has 0 aliphatic carbocycles. The van der Waals surface area contributed by atoms with Crippen LogP contribution in [0, 0.1) is 0 Å². The topological polar surface area (TPSA) is 115 Å². The molecule has 0 fully saturated rings. The summed E-state index contributed by atoms with van der Waals surface area (Å²) in [7, 11) is 1.31. The summed E-state index contributed by atoms with van der Waals surface area (Å²) >= 11 is 11.7. The average Bonchev–Trinajstić information content (AvgIpc) is 2.84. The number of nitrogens with zero attached hydrogens (tertiary/aromatic N) is 4. The molecule has 0 atom stereocenters. The van der Waals surface area contributed by atoms with E-state index in [1.165, 1.54) is 25.8 Å². The number of halogens is 2. The molecule has 0 radical (unpaired) electrons. The molecule has 4 aromatic rings. The van der Waals surface area contributed by atoms with E-state index < -0.39 is 11.9 Å². The van der Waals surface area contributed by atoms with Gasteiger partial charge in [0.2, 0.25) is 0 Å². The second-order valence-electron chi connectivity index (χ2n) is 6.39. The number of esters is 1. The van der Waals surface area contributed by atoms with Gasteiger partial charge in [-0.25, -0.2) is 29.5 Å². The van der Waals surface area contributed by atoms with Crippen molar-refractivity contribution < 1.29 is 19.4 Å². The average molecular weight is 483 g/mol. The van der Waals surface area contributed by atoms with Crippen molar-refractivity contribution in [1.29, 1.82) is 0 Å². The maximum absolute atomic E-state index is 11.3. The molecule has 166 valence electrons. The van der Waals surface area contributed by atoms with E-state index in [1.54, 1.807) is 42.5 Å². The lowest BCUT2D eigenvalue weighted by Gasteiger charge is -2.03. The van der Waals surface area contributed by atoms with Gasteiger partial charge in [-0.1, -0.05) is 47.5 Å². The molecular formula is C23H16Cl2N4O4. The van der Waals surface area contributed by atoms with Gasteiger partial charge in [0.05, 0.1) is 18.5 Å². The first-order chi connectivity index (χ1) is 15.9. The lowest BCUT2D eigenvalue weighted by Crippen LogP contribution is -2.04. The van der Waals surface area contributed by atoms with Gasteiger partial charge in [0.15, 0.2) is 11.4 Å². The van der Waals surface area contributed by atoms with E-state index in [0.29, 0.717) is 21.4 Å². The van der Waals surface area contributed by atoms with E-state index in [4.69, 9.17) is 28.3 Å². The summed E-state index contributed by atoms with van der Waals surface area (Å²) in [5, 5.41) is 9.98. The fourth-order valence-corrected chi connectivity index (χ4v) is 3.04. The molecule has 0 aliphatic rings. The maximum Gasteiger partial charge on any atom is 0.356 e. The molecule has 0 saturated carbocycles. The molecule has 2 heterocycles. The number of carbonyl (C=O) groups is 2. The lowest BCUT2D eigenvalue weighted by molar-refractivity contribution is 0.0593. The van der Waals surface area contributed by atoms with E-state index in [9.17, 15) is 9.59 Å². The van der Waals surface area contributed by atoms with E-state index in [2.05, 4.69) is 24.7 Å². The highest BCUT2D eigenvalue weighted by Crippen LogP contribution is 2.22. The van der Waals surface area contributed by atoms with E-state index in [-0.39, 0.29) is 11.4 Å². The summed E-state index contributed by atoms with van der Waals surface area (Å²) in [6, 6.07) is 17.2. The third kappa shape index (κ3) is 6.55. The van der Waals surface area contributed by atoms with Crippen LogP contribution < -0.4 is 0 Å². The van der Waals surface area contributed by atoms with Crippen LogP contribution in [0.4, 0.5) is 0 Å². The van der Waals surface area contributed by atoms with Crippen LogP contribution in [-0.4, -0.2) is 44.1 Å². The van der Waals surface area contributed by atoms with Crippen LogP contribution in [0.3, 0.4) is 0 Å². The molecule has 4 rings (SSSR count). The second kappa shape index (κ2) is 11.1. The Morgan fingerprint density at radius 3 is 1.70 bits per heavy atom. The van der Waals surface area contributed by atoms with Crippen LogP contribution in [0.5, 0.6) is 0 Å². The molecule has 0 spiro atoms. The molecule has 10 heteroatoms.